The van der Waals surface area contributed by atoms with E-state index in [1.807, 2.05) is 6.08 Å². The number of ether oxygens (including phenoxy) is 2. The van der Waals surface area contributed by atoms with Crippen molar-refractivity contribution in [3.05, 3.63) is 36.5 Å². The van der Waals surface area contributed by atoms with Crippen molar-refractivity contribution in [1.29, 1.82) is 0 Å². The fourth-order valence-electron chi connectivity index (χ4n) is 6.66. The molecule has 1 amide bonds. The number of carbonyl (C=O) groups is 1. The van der Waals surface area contributed by atoms with Gasteiger partial charge in [0.15, 0.2) is 6.29 Å². The van der Waals surface area contributed by atoms with Crippen LogP contribution in [0, 0.1) is 0 Å². The van der Waals surface area contributed by atoms with Crippen LogP contribution >= 0.6 is 0 Å². The zero-order valence-corrected chi connectivity index (χ0v) is 33.8. The van der Waals surface area contributed by atoms with Gasteiger partial charge in [-0.3, -0.25) is 4.79 Å². The molecule has 1 heterocycles. The summed E-state index contributed by atoms with van der Waals surface area (Å²) in [6.45, 7) is 3.70. The van der Waals surface area contributed by atoms with E-state index in [0.717, 1.165) is 44.9 Å². The van der Waals surface area contributed by atoms with E-state index in [1.54, 1.807) is 6.08 Å². The van der Waals surface area contributed by atoms with Crippen molar-refractivity contribution in [2.24, 2.45) is 0 Å². The SMILES string of the molecule is CCCCCCCCCCCCCC/C=C/CC/C=C/CC/C=C/C(O)C(COC1OC(CO)C(O)C(O)C1O)NC(=O)CCCCCCCCCC. The topological polar surface area (TPSA) is 149 Å². The van der Waals surface area contributed by atoms with Crippen LogP contribution in [0.5, 0.6) is 0 Å². The molecule has 0 saturated carbocycles. The Hall–Kier alpha value is -1.59. The molecule has 310 valence electrons. The zero-order chi connectivity index (χ0) is 38.8. The van der Waals surface area contributed by atoms with Gasteiger partial charge in [0.05, 0.1) is 25.4 Å². The highest BCUT2D eigenvalue weighted by Gasteiger charge is 2.44. The van der Waals surface area contributed by atoms with Crippen molar-refractivity contribution in [3.63, 3.8) is 0 Å². The number of carbonyl (C=O) groups excluding carboxylic acids is 1. The second-order valence-corrected chi connectivity index (χ2v) is 15.1. The van der Waals surface area contributed by atoms with Gasteiger partial charge >= 0.3 is 0 Å². The number of hydrogen-bond donors (Lipinski definition) is 6. The maximum Gasteiger partial charge on any atom is 0.220 e. The Morgan fingerprint density at radius 1 is 0.623 bits per heavy atom. The van der Waals surface area contributed by atoms with Crippen LogP contribution < -0.4 is 5.32 Å². The fraction of sp³-hybridized carbons (Fsp3) is 0.841. The molecule has 7 atom stereocenters. The van der Waals surface area contributed by atoms with Gasteiger partial charge < -0.3 is 40.3 Å². The van der Waals surface area contributed by atoms with Gasteiger partial charge in [0.2, 0.25) is 5.91 Å². The lowest BCUT2D eigenvalue weighted by atomic mass is 9.99. The van der Waals surface area contributed by atoms with Crippen LogP contribution in [0.3, 0.4) is 0 Å². The molecule has 9 heteroatoms. The quantitative estimate of drug-likeness (QED) is 0.0279. The largest absolute Gasteiger partial charge is 0.394 e. The number of aliphatic hydroxyl groups excluding tert-OH is 5. The summed E-state index contributed by atoms with van der Waals surface area (Å²) in [6.07, 6.45) is 35.0. The van der Waals surface area contributed by atoms with Crippen LogP contribution in [0.2, 0.25) is 0 Å². The molecule has 0 aromatic rings. The summed E-state index contributed by atoms with van der Waals surface area (Å²) in [4.78, 5) is 12.8. The van der Waals surface area contributed by atoms with Crippen LogP contribution in [0.25, 0.3) is 0 Å². The Kier molecular flexibility index (Phi) is 32.5. The van der Waals surface area contributed by atoms with E-state index in [4.69, 9.17) is 9.47 Å². The van der Waals surface area contributed by atoms with Crippen LogP contribution in [-0.2, 0) is 14.3 Å². The monoisotopic (exact) mass is 752 g/mol. The maximum atomic E-state index is 12.8. The van der Waals surface area contributed by atoms with Gasteiger partial charge in [0.1, 0.15) is 24.4 Å². The standard InChI is InChI=1S/C44H81NO8/c1-3-5-7-9-11-13-14-15-16-17-18-19-20-21-22-23-24-25-26-27-29-31-33-38(47)37(45-40(48)34-32-30-28-12-10-8-6-4-2)36-52-44-43(51)42(50)41(49)39(35-46)53-44/h21-22,25-26,31,33,37-39,41-44,46-47,49-51H,3-20,23-24,27-30,32,34-36H2,1-2H3,(H,45,48)/b22-21+,26-25+,33-31+. The number of allylic oxidation sites excluding steroid dienone is 5. The average molecular weight is 752 g/mol. The molecule has 0 bridgehead atoms. The number of aliphatic hydroxyl groups is 5. The Labute approximate surface area is 323 Å². The van der Waals surface area contributed by atoms with E-state index < -0.39 is 49.5 Å². The third-order valence-electron chi connectivity index (χ3n) is 10.2. The van der Waals surface area contributed by atoms with E-state index in [1.165, 1.54) is 116 Å². The van der Waals surface area contributed by atoms with Crippen molar-refractivity contribution in [2.45, 2.75) is 224 Å². The van der Waals surface area contributed by atoms with Gasteiger partial charge in [-0.1, -0.05) is 166 Å². The summed E-state index contributed by atoms with van der Waals surface area (Å²) in [5.74, 6) is -0.197. The molecular weight excluding hydrogens is 670 g/mol. The van der Waals surface area contributed by atoms with Crippen molar-refractivity contribution in [3.8, 4) is 0 Å². The lowest BCUT2D eigenvalue weighted by Crippen LogP contribution is -2.60. The molecule has 0 aliphatic carbocycles. The smallest absolute Gasteiger partial charge is 0.220 e. The minimum Gasteiger partial charge on any atom is -0.394 e. The Bertz CT molecular complexity index is 925. The molecule has 0 radical (unpaired) electrons. The predicted octanol–water partition coefficient (Wildman–Crippen LogP) is 8.50. The van der Waals surface area contributed by atoms with Crippen LogP contribution in [0.1, 0.15) is 181 Å². The minimum atomic E-state index is -1.57. The van der Waals surface area contributed by atoms with Gasteiger partial charge in [-0.15, -0.1) is 0 Å². The lowest BCUT2D eigenvalue weighted by molar-refractivity contribution is -0.302. The van der Waals surface area contributed by atoms with E-state index in [-0.39, 0.29) is 12.5 Å². The molecule has 1 fully saturated rings. The first-order chi connectivity index (χ1) is 25.8. The molecule has 7 unspecified atom stereocenters. The Morgan fingerprint density at radius 2 is 1.08 bits per heavy atom. The highest BCUT2D eigenvalue weighted by molar-refractivity contribution is 5.76. The number of rotatable bonds is 35. The third kappa shape index (κ3) is 26.0. The first-order valence-corrected chi connectivity index (χ1v) is 21.7. The number of amides is 1. The second kappa shape index (κ2) is 34.9. The zero-order valence-electron chi connectivity index (χ0n) is 33.8. The molecular formula is C44H81NO8. The van der Waals surface area contributed by atoms with Gasteiger partial charge in [0.25, 0.3) is 0 Å². The van der Waals surface area contributed by atoms with Crippen molar-refractivity contribution in [2.75, 3.05) is 13.2 Å². The average Bonchev–Trinajstić information content (AvgIpc) is 3.16. The Morgan fingerprint density at radius 3 is 1.58 bits per heavy atom. The second-order valence-electron chi connectivity index (χ2n) is 15.1. The molecule has 0 spiro atoms. The van der Waals surface area contributed by atoms with Gasteiger partial charge in [0, 0.05) is 6.42 Å². The first-order valence-electron chi connectivity index (χ1n) is 21.7. The molecule has 1 aliphatic heterocycles. The molecule has 1 saturated heterocycles. The minimum absolute atomic E-state index is 0.197. The molecule has 9 nitrogen and oxygen atoms in total. The van der Waals surface area contributed by atoms with Crippen LogP contribution in [-0.4, -0.2) is 87.5 Å². The van der Waals surface area contributed by atoms with E-state index in [9.17, 15) is 30.3 Å². The summed E-state index contributed by atoms with van der Waals surface area (Å²) < 4.78 is 11.1. The predicted molar refractivity (Wildman–Crippen MR) is 216 cm³/mol. The number of nitrogens with one attached hydrogen (secondary N) is 1. The van der Waals surface area contributed by atoms with Gasteiger partial charge in [-0.2, -0.15) is 0 Å². The third-order valence-corrected chi connectivity index (χ3v) is 10.2. The summed E-state index contributed by atoms with van der Waals surface area (Å²) in [7, 11) is 0. The van der Waals surface area contributed by atoms with E-state index >= 15 is 0 Å². The summed E-state index contributed by atoms with van der Waals surface area (Å²) >= 11 is 0. The normalized spacial score (nSPS) is 22.0. The summed E-state index contributed by atoms with van der Waals surface area (Å²) in [5, 5.41) is 53.9. The van der Waals surface area contributed by atoms with Crippen molar-refractivity contribution >= 4 is 5.91 Å². The van der Waals surface area contributed by atoms with E-state index in [0.29, 0.717) is 6.42 Å². The van der Waals surface area contributed by atoms with Crippen LogP contribution in [0.4, 0.5) is 0 Å². The fourth-order valence-corrected chi connectivity index (χ4v) is 6.66. The van der Waals surface area contributed by atoms with Crippen LogP contribution in [0.15, 0.2) is 36.5 Å². The highest BCUT2D eigenvalue weighted by Crippen LogP contribution is 2.22. The van der Waals surface area contributed by atoms with Gasteiger partial charge in [-0.25, -0.2) is 0 Å². The first kappa shape index (κ1) is 49.4. The number of hydrogen-bond acceptors (Lipinski definition) is 8. The summed E-state index contributed by atoms with van der Waals surface area (Å²) in [5.41, 5.74) is 0. The number of unbranched alkanes of at least 4 members (excludes halogenated alkanes) is 21. The summed E-state index contributed by atoms with van der Waals surface area (Å²) in [6, 6.07) is -0.822. The van der Waals surface area contributed by atoms with Crippen molar-refractivity contribution < 1.29 is 39.8 Å². The molecule has 6 N–H and O–H groups in total. The van der Waals surface area contributed by atoms with Gasteiger partial charge in [-0.05, 0) is 44.9 Å². The molecule has 0 aromatic carbocycles. The maximum absolute atomic E-state index is 12.8. The van der Waals surface area contributed by atoms with E-state index in [2.05, 4.69) is 43.5 Å². The molecule has 1 aliphatic rings. The highest BCUT2D eigenvalue weighted by atomic mass is 16.7. The Balaban J connectivity index is 2.36. The molecule has 53 heavy (non-hydrogen) atoms. The molecule has 0 aromatic heterocycles. The molecule has 1 rings (SSSR count). The lowest BCUT2D eigenvalue weighted by Gasteiger charge is -2.40. The van der Waals surface area contributed by atoms with Crippen molar-refractivity contribution in [1.82, 2.24) is 5.32 Å².